The highest BCUT2D eigenvalue weighted by Gasteiger charge is 2.24. The van der Waals surface area contributed by atoms with Crippen LogP contribution in [0, 0.1) is 10.1 Å². The summed E-state index contributed by atoms with van der Waals surface area (Å²) < 4.78 is 27.5. The van der Waals surface area contributed by atoms with Crippen molar-refractivity contribution in [3.05, 3.63) is 28.3 Å². The van der Waals surface area contributed by atoms with Crippen LogP contribution in [-0.2, 0) is 10.0 Å². The van der Waals surface area contributed by atoms with E-state index in [0.29, 0.717) is 25.1 Å². The van der Waals surface area contributed by atoms with Gasteiger partial charge in [0.2, 0.25) is 10.0 Å². The zero-order valence-corrected chi connectivity index (χ0v) is 13.2. The standard InChI is InChI=1S/C13H21N3O4S/c1-4-10(5-2)15-21(19,20)13-9-11(16(17)18)7-8-12(13)14-6-3/h7-10,14-15H,4-6H2,1-3H3. The van der Waals surface area contributed by atoms with Crippen LogP contribution in [0.3, 0.4) is 0 Å². The molecule has 2 N–H and O–H groups in total. The molecule has 0 saturated heterocycles. The molecule has 0 amide bonds. The number of nitro groups is 1. The Morgan fingerprint density at radius 2 is 1.86 bits per heavy atom. The molecule has 1 aromatic rings. The predicted octanol–water partition coefficient (Wildman–Crippen LogP) is 2.49. The molecule has 0 radical (unpaired) electrons. The van der Waals surface area contributed by atoms with E-state index in [1.165, 1.54) is 12.1 Å². The van der Waals surface area contributed by atoms with Gasteiger partial charge in [0.25, 0.3) is 5.69 Å². The van der Waals surface area contributed by atoms with Crippen molar-refractivity contribution in [3.8, 4) is 0 Å². The summed E-state index contributed by atoms with van der Waals surface area (Å²) in [6, 6.07) is 3.60. The molecule has 0 fully saturated rings. The van der Waals surface area contributed by atoms with Crippen molar-refractivity contribution in [1.82, 2.24) is 4.72 Å². The van der Waals surface area contributed by atoms with Gasteiger partial charge in [0, 0.05) is 24.7 Å². The average Bonchev–Trinajstić information content (AvgIpc) is 2.45. The van der Waals surface area contributed by atoms with Crippen molar-refractivity contribution in [2.75, 3.05) is 11.9 Å². The molecule has 1 rings (SSSR count). The number of rotatable bonds is 8. The van der Waals surface area contributed by atoms with Gasteiger partial charge in [-0.05, 0) is 25.8 Å². The highest BCUT2D eigenvalue weighted by atomic mass is 32.2. The first-order chi connectivity index (χ1) is 9.85. The molecule has 0 atom stereocenters. The number of nitrogens with one attached hydrogen (secondary N) is 2. The molecule has 0 aliphatic heterocycles. The largest absolute Gasteiger partial charge is 0.384 e. The molecule has 7 nitrogen and oxygen atoms in total. The van der Waals surface area contributed by atoms with E-state index in [1.54, 1.807) is 0 Å². The molecule has 1 aromatic carbocycles. The molecule has 0 unspecified atom stereocenters. The highest BCUT2D eigenvalue weighted by molar-refractivity contribution is 7.89. The Bertz CT molecular complexity index is 597. The van der Waals surface area contributed by atoms with Crippen LogP contribution in [0.2, 0.25) is 0 Å². The summed E-state index contributed by atoms with van der Waals surface area (Å²) in [5.41, 5.74) is 0.114. The van der Waals surface area contributed by atoms with E-state index in [4.69, 9.17) is 0 Å². The lowest BCUT2D eigenvalue weighted by Gasteiger charge is -2.17. The van der Waals surface area contributed by atoms with Gasteiger partial charge in [0.15, 0.2) is 0 Å². The molecular weight excluding hydrogens is 294 g/mol. The number of non-ortho nitro benzene ring substituents is 1. The molecule has 0 saturated carbocycles. The van der Waals surface area contributed by atoms with Gasteiger partial charge in [0.05, 0.1) is 10.6 Å². The maximum atomic E-state index is 12.5. The molecule has 21 heavy (non-hydrogen) atoms. The van der Waals surface area contributed by atoms with E-state index in [9.17, 15) is 18.5 Å². The van der Waals surface area contributed by atoms with Crippen molar-refractivity contribution >= 4 is 21.4 Å². The van der Waals surface area contributed by atoms with Crippen LogP contribution in [0.5, 0.6) is 0 Å². The second-order valence-corrected chi connectivity index (χ2v) is 6.29. The quantitative estimate of drug-likeness (QED) is 0.567. The van der Waals surface area contributed by atoms with Crippen molar-refractivity contribution in [3.63, 3.8) is 0 Å². The Morgan fingerprint density at radius 1 is 1.24 bits per heavy atom. The van der Waals surface area contributed by atoms with Crippen LogP contribution in [0.25, 0.3) is 0 Å². The third kappa shape index (κ3) is 4.40. The smallest absolute Gasteiger partial charge is 0.270 e. The molecule has 0 spiro atoms. The number of hydrogen-bond acceptors (Lipinski definition) is 5. The van der Waals surface area contributed by atoms with E-state index in [0.717, 1.165) is 6.07 Å². The molecule has 0 aromatic heterocycles. The van der Waals surface area contributed by atoms with E-state index < -0.39 is 14.9 Å². The van der Waals surface area contributed by atoms with E-state index >= 15 is 0 Å². The molecule has 118 valence electrons. The summed E-state index contributed by atoms with van der Waals surface area (Å²) in [5, 5.41) is 13.8. The van der Waals surface area contributed by atoms with Gasteiger partial charge in [-0.2, -0.15) is 0 Å². The van der Waals surface area contributed by atoms with Gasteiger partial charge < -0.3 is 5.32 Å². The van der Waals surface area contributed by atoms with Crippen LogP contribution >= 0.6 is 0 Å². The zero-order chi connectivity index (χ0) is 16.0. The van der Waals surface area contributed by atoms with E-state index in [2.05, 4.69) is 10.0 Å². The number of benzene rings is 1. The minimum absolute atomic E-state index is 0.0922. The Morgan fingerprint density at radius 3 is 2.33 bits per heavy atom. The normalized spacial score (nSPS) is 11.6. The molecule has 0 heterocycles. The molecule has 0 aliphatic rings. The minimum Gasteiger partial charge on any atom is -0.384 e. The lowest BCUT2D eigenvalue weighted by molar-refractivity contribution is -0.385. The maximum absolute atomic E-state index is 12.5. The van der Waals surface area contributed by atoms with Crippen LogP contribution in [0.4, 0.5) is 11.4 Å². The Balaban J connectivity index is 3.29. The maximum Gasteiger partial charge on any atom is 0.270 e. The summed E-state index contributed by atoms with van der Waals surface area (Å²) in [5.74, 6) is 0. The third-order valence-electron chi connectivity index (χ3n) is 3.14. The average molecular weight is 315 g/mol. The molecule has 8 heteroatoms. The minimum atomic E-state index is -3.81. The molecule has 0 aliphatic carbocycles. The third-order valence-corrected chi connectivity index (χ3v) is 4.70. The summed E-state index contributed by atoms with van der Waals surface area (Å²) >= 11 is 0. The Labute approximate surface area is 124 Å². The number of hydrogen-bond donors (Lipinski definition) is 2. The SMILES string of the molecule is CCNc1ccc([N+](=O)[O-])cc1S(=O)(=O)NC(CC)CC. The van der Waals surface area contributed by atoms with Crippen molar-refractivity contribution in [2.45, 2.75) is 44.6 Å². The highest BCUT2D eigenvalue weighted by Crippen LogP contribution is 2.26. The predicted molar refractivity (Wildman–Crippen MR) is 82.0 cm³/mol. The second-order valence-electron chi connectivity index (χ2n) is 4.60. The lowest BCUT2D eigenvalue weighted by Crippen LogP contribution is -2.34. The van der Waals surface area contributed by atoms with Gasteiger partial charge in [-0.3, -0.25) is 10.1 Å². The number of nitrogens with zero attached hydrogens (tertiary/aromatic N) is 1. The number of anilines is 1. The first kappa shape index (κ1) is 17.4. The fraction of sp³-hybridized carbons (Fsp3) is 0.538. The Kier molecular flexibility index (Phi) is 6.10. The first-order valence-electron chi connectivity index (χ1n) is 6.90. The van der Waals surface area contributed by atoms with Crippen molar-refractivity contribution < 1.29 is 13.3 Å². The van der Waals surface area contributed by atoms with Gasteiger partial charge >= 0.3 is 0 Å². The van der Waals surface area contributed by atoms with Crippen LogP contribution < -0.4 is 10.0 Å². The van der Waals surface area contributed by atoms with Crippen molar-refractivity contribution in [2.24, 2.45) is 0 Å². The first-order valence-corrected chi connectivity index (χ1v) is 8.38. The lowest BCUT2D eigenvalue weighted by atomic mass is 10.2. The fourth-order valence-electron chi connectivity index (χ4n) is 1.92. The monoisotopic (exact) mass is 315 g/mol. The van der Waals surface area contributed by atoms with Gasteiger partial charge in [0.1, 0.15) is 4.90 Å². The summed E-state index contributed by atoms with van der Waals surface area (Å²) in [7, 11) is -3.81. The van der Waals surface area contributed by atoms with Gasteiger partial charge in [-0.1, -0.05) is 13.8 Å². The Hall–Kier alpha value is -1.67. The summed E-state index contributed by atoms with van der Waals surface area (Å²) in [6.07, 6.45) is 1.31. The van der Waals surface area contributed by atoms with Gasteiger partial charge in [-0.25, -0.2) is 13.1 Å². The number of nitro benzene ring substituents is 1. The summed E-state index contributed by atoms with van der Waals surface area (Å²) in [6.45, 7) is 6.11. The molecular formula is C13H21N3O4S. The second kappa shape index (κ2) is 7.37. The summed E-state index contributed by atoms with van der Waals surface area (Å²) in [4.78, 5) is 10.2. The van der Waals surface area contributed by atoms with Crippen LogP contribution in [0.1, 0.15) is 33.6 Å². The number of sulfonamides is 1. The van der Waals surface area contributed by atoms with Gasteiger partial charge in [-0.15, -0.1) is 0 Å². The zero-order valence-electron chi connectivity index (χ0n) is 12.4. The fourth-order valence-corrected chi connectivity index (χ4v) is 3.53. The van der Waals surface area contributed by atoms with Crippen molar-refractivity contribution in [1.29, 1.82) is 0 Å². The topological polar surface area (TPSA) is 101 Å². The van der Waals surface area contributed by atoms with E-state index in [1.807, 2.05) is 20.8 Å². The van der Waals surface area contributed by atoms with Crippen LogP contribution in [0.15, 0.2) is 23.1 Å². The van der Waals surface area contributed by atoms with Crippen LogP contribution in [-0.4, -0.2) is 25.9 Å². The van der Waals surface area contributed by atoms with E-state index in [-0.39, 0.29) is 16.6 Å². The molecule has 0 bridgehead atoms.